The number of para-hydroxylation sites is 4. The normalized spacial score (nSPS) is 11.6. The largest absolute Gasteiger partial charge is 0.456 e. The van der Waals surface area contributed by atoms with Crippen LogP contribution in [-0.2, 0) is 0 Å². The second-order valence-corrected chi connectivity index (χ2v) is 17.3. The highest BCUT2D eigenvalue weighted by Gasteiger charge is 2.21. The molecule has 0 N–H and O–H groups in total. The number of fused-ring (bicyclic) bond motifs is 7. The lowest BCUT2D eigenvalue weighted by Crippen LogP contribution is -2.11. The van der Waals surface area contributed by atoms with Gasteiger partial charge in [0.05, 0.1) is 16.7 Å². The maximum absolute atomic E-state index is 6.41. The quantitative estimate of drug-likeness (QED) is 0.152. The van der Waals surface area contributed by atoms with Gasteiger partial charge in [0.1, 0.15) is 11.2 Å². The molecule has 0 saturated carbocycles. The topological polar surface area (TPSA) is 21.3 Å². The van der Waals surface area contributed by atoms with Crippen molar-refractivity contribution >= 4 is 71.6 Å². The minimum atomic E-state index is 0.878. The van der Waals surface area contributed by atoms with Gasteiger partial charge in [-0.3, -0.25) is 0 Å². The minimum absolute atomic E-state index is 0.878. The summed E-state index contributed by atoms with van der Waals surface area (Å²) in [7, 11) is 0. The summed E-state index contributed by atoms with van der Waals surface area (Å²) in [6.07, 6.45) is 0. The highest BCUT2D eigenvalue weighted by atomic mass is 16.3. The fraction of sp³-hybridized carbons (Fsp3) is 0. The molecule has 0 bridgehead atoms. The number of rotatable bonds is 8. The Morgan fingerprint density at radius 2 is 0.821 bits per heavy atom. The molecule has 0 unspecified atom stereocenters. The monoisotopic (exact) mass is 854 g/mol. The van der Waals surface area contributed by atoms with E-state index in [0.717, 1.165) is 72.5 Å². The molecule has 0 fully saturated rings. The van der Waals surface area contributed by atoms with E-state index in [1.165, 1.54) is 49.3 Å². The summed E-state index contributed by atoms with van der Waals surface area (Å²) in [4.78, 5) is 2.39. The number of furan rings is 1. The maximum Gasteiger partial charge on any atom is 0.136 e. The number of aromatic nitrogens is 1. The van der Waals surface area contributed by atoms with Crippen LogP contribution in [0.5, 0.6) is 0 Å². The van der Waals surface area contributed by atoms with Crippen molar-refractivity contribution in [1.82, 2.24) is 4.57 Å². The molecule has 0 amide bonds. The number of hydrogen-bond donors (Lipinski definition) is 0. The average Bonchev–Trinajstić information content (AvgIpc) is 3.96. The lowest BCUT2D eigenvalue weighted by atomic mass is 9.96. The Hall–Kier alpha value is -8.92. The second kappa shape index (κ2) is 16.0. The summed E-state index contributed by atoms with van der Waals surface area (Å²) in [5.74, 6) is 0. The van der Waals surface area contributed by atoms with Gasteiger partial charge in [-0.15, -0.1) is 0 Å². The molecular weight excluding hydrogens is 813 g/mol. The lowest BCUT2D eigenvalue weighted by Gasteiger charge is -2.28. The van der Waals surface area contributed by atoms with Crippen LogP contribution in [0.4, 0.5) is 17.1 Å². The number of benzene rings is 11. The molecule has 314 valence electrons. The number of hydrogen-bond acceptors (Lipinski definition) is 2. The zero-order valence-corrected chi connectivity index (χ0v) is 36.6. The van der Waals surface area contributed by atoms with Crippen LogP contribution in [0, 0.1) is 0 Å². The zero-order valence-electron chi connectivity index (χ0n) is 36.6. The molecule has 3 nitrogen and oxygen atoms in total. The van der Waals surface area contributed by atoms with Crippen LogP contribution in [0.2, 0.25) is 0 Å². The summed E-state index contributed by atoms with van der Waals surface area (Å²) in [6, 6.07) is 91.9. The van der Waals surface area contributed by atoms with Gasteiger partial charge >= 0.3 is 0 Å². The number of anilines is 3. The van der Waals surface area contributed by atoms with E-state index in [4.69, 9.17) is 4.42 Å². The zero-order chi connectivity index (χ0) is 44.3. The summed E-state index contributed by atoms with van der Waals surface area (Å²) in [5, 5.41) is 7.23. The molecule has 11 aromatic carbocycles. The molecule has 0 saturated heterocycles. The smallest absolute Gasteiger partial charge is 0.136 e. The van der Waals surface area contributed by atoms with E-state index < -0.39 is 0 Å². The first-order valence-corrected chi connectivity index (χ1v) is 22.9. The third-order valence-corrected chi connectivity index (χ3v) is 13.4. The van der Waals surface area contributed by atoms with Crippen LogP contribution in [-0.4, -0.2) is 4.57 Å². The molecule has 0 aliphatic rings. The molecule has 13 aromatic rings. The SMILES string of the molecule is c1cc(-c2ccc(N(c3ccc(-c4cccc(-n5c6ccccc6c6ccccc65)c4)cc3)c3ccccc3-c3cccc4oc5ccccc5c34)cc2)cc(-c2ccc3ccccc3c2)c1. The van der Waals surface area contributed by atoms with Crippen molar-refractivity contribution in [3.8, 4) is 50.2 Å². The maximum atomic E-state index is 6.41. The van der Waals surface area contributed by atoms with Crippen molar-refractivity contribution in [3.05, 3.63) is 255 Å². The van der Waals surface area contributed by atoms with Gasteiger partial charge in [0, 0.05) is 44.2 Å². The standard InChI is InChI=1S/C64H42N2O/c1-2-15-46-41-50(31-30-43(46)14-1)48-17-11-16-47(40-48)44-32-36-51(37-33-44)65(59-25-7-5-22-56(59)57-24-13-29-63-64(57)58-23-6-10-28-62(58)67-63)52-38-34-45(35-39-52)49-18-12-19-53(42-49)66-60-26-8-3-20-54(60)55-21-4-9-27-61(55)66/h1-42H. The molecule has 2 aromatic heterocycles. The lowest BCUT2D eigenvalue weighted by molar-refractivity contribution is 0.669. The highest BCUT2D eigenvalue weighted by molar-refractivity contribution is 6.14. The van der Waals surface area contributed by atoms with Crippen molar-refractivity contribution in [2.75, 3.05) is 4.90 Å². The van der Waals surface area contributed by atoms with Gasteiger partial charge in [0.2, 0.25) is 0 Å². The highest BCUT2D eigenvalue weighted by Crippen LogP contribution is 2.45. The Kier molecular flexibility index (Phi) is 9.17. The van der Waals surface area contributed by atoms with E-state index >= 15 is 0 Å². The van der Waals surface area contributed by atoms with Crippen molar-refractivity contribution in [2.24, 2.45) is 0 Å². The Balaban J connectivity index is 0.916. The van der Waals surface area contributed by atoms with E-state index in [9.17, 15) is 0 Å². The van der Waals surface area contributed by atoms with Crippen LogP contribution >= 0.6 is 0 Å². The fourth-order valence-corrected chi connectivity index (χ4v) is 10.2. The van der Waals surface area contributed by atoms with E-state index in [1.807, 2.05) is 6.07 Å². The molecule has 0 spiro atoms. The predicted octanol–water partition coefficient (Wildman–Crippen LogP) is 18.0. The Morgan fingerprint density at radius 3 is 1.55 bits per heavy atom. The number of nitrogens with zero attached hydrogens (tertiary/aromatic N) is 2. The van der Waals surface area contributed by atoms with Gasteiger partial charge in [-0.2, -0.15) is 0 Å². The van der Waals surface area contributed by atoms with Crippen molar-refractivity contribution in [1.29, 1.82) is 0 Å². The third-order valence-electron chi connectivity index (χ3n) is 13.4. The summed E-state index contributed by atoms with van der Waals surface area (Å²) >= 11 is 0. The van der Waals surface area contributed by atoms with E-state index in [2.05, 4.69) is 258 Å². The van der Waals surface area contributed by atoms with Gasteiger partial charge < -0.3 is 13.9 Å². The van der Waals surface area contributed by atoms with Crippen molar-refractivity contribution < 1.29 is 4.42 Å². The molecule has 0 aliphatic heterocycles. The van der Waals surface area contributed by atoms with Crippen LogP contribution in [0.1, 0.15) is 0 Å². The van der Waals surface area contributed by atoms with E-state index in [0.29, 0.717) is 0 Å². The Bertz CT molecular complexity index is 3930. The first-order valence-electron chi connectivity index (χ1n) is 22.9. The van der Waals surface area contributed by atoms with Crippen molar-refractivity contribution in [3.63, 3.8) is 0 Å². The van der Waals surface area contributed by atoms with E-state index in [1.54, 1.807) is 0 Å². The molecule has 2 heterocycles. The third kappa shape index (κ3) is 6.67. The molecule has 0 atom stereocenters. The van der Waals surface area contributed by atoms with Crippen LogP contribution in [0.15, 0.2) is 259 Å². The first-order chi connectivity index (χ1) is 33.2. The molecule has 13 rings (SSSR count). The van der Waals surface area contributed by atoms with Gasteiger partial charge in [0.15, 0.2) is 0 Å². The Morgan fingerprint density at radius 1 is 0.313 bits per heavy atom. The predicted molar refractivity (Wildman–Crippen MR) is 282 cm³/mol. The molecule has 0 aliphatic carbocycles. The summed E-state index contributed by atoms with van der Waals surface area (Å²) in [5.41, 5.74) is 17.8. The Labute approximate surface area is 388 Å². The molecular formula is C64H42N2O. The van der Waals surface area contributed by atoms with Gasteiger partial charge in [-0.1, -0.05) is 176 Å². The van der Waals surface area contributed by atoms with Crippen LogP contribution in [0.3, 0.4) is 0 Å². The van der Waals surface area contributed by atoms with Crippen LogP contribution in [0.25, 0.3) is 105 Å². The molecule has 3 heteroatoms. The molecule has 67 heavy (non-hydrogen) atoms. The fourth-order valence-electron chi connectivity index (χ4n) is 10.2. The van der Waals surface area contributed by atoms with Crippen LogP contribution < -0.4 is 4.90 Å². The molecule has 0 radical (unpaired) electrons. The van der Waals surface area contributed by atoms with Gasteiger partial charge in [0.25, 0.3) is 0 Å². The van der Waals surface area contributed by atoms with Gasteiger partial charge in [-0.25, -0.2) is 0 Å². The van der Waals surface area contributed by atoms with Gasteiger partial charge in [-0.05, 0) is 129 Å². The van der Waals surface area contributed by atoms with Crippen molar-refractivity contribution in [2.45, 2.75) is 0 Å². The van der Waals surface area contributed by atoms with E-state index in [-0.39, 0.29) is 0 Å². The average molecular weight is 855 g/mol. The summed E-state index contributed by atoms with van der Waals surface area (Å²) in [6.45, 7) is 0. The summed E-state index contributed by atoms with van der Waals surface area (Å²) < 4.78 is 8.79. The second-order valence-electron chi connectivity index (χ2n) is 17.3. The first kappa shape index (κ1) is 38.5. The minimum Gasteiger partial charge on any atom is -0.456 e.